The number of morpholine rings is 1. The van der Waals surface area contributed by atoms with Gasteiger partial charge in [-0.25, -0.2) is 4.39 Å². The summed E-state index contributed by atoms with van der Waals surface area (Å²) in [7, 11) is 0. The van der Waals surface area contributed by atoms with Crippen molar-refractivity contribution in [2.45, 2.75) is 13.0 Å². The van der Waals surface area contributed by atoms with Crippen LogP contribution in [0.15, 0.2) is 18.2 Å². The van der Waals surface area contributed by atoms with Crippen molar-refractivity contribution in [1.82, 2.24) is 4.90 Å². The van der Waals surface area contributed by atoms with Crippen LogP contribution in [0.4, 0.5) is 4.39 Å². The molecule has 2 rings (SSSR count). The average molecular weight is 293 g/mol. The van der Waals surface area contributed by atoms with Gasteiger partial charge < -0.3 is 14.6 Å². The first-order valence-electron chi connectivity index (χ1n) is 7.09. The summed E-state index contributed by atoms with van der Waals surface area (Å²) in [5.41, 5.74) is 0.252. The quantitative estimate of drug-likeness (QED) is 0.849. The number of hydrogen-bond acceptors (Lipinski definition) is 4. The Labute approximate surface area is 124 Å². The Kier molecular flexibility index (Phi) is 6.00. The largest absolute Gasteiger partial charge is 0.491 e. The number of aliphatic hydroxyl groups excluding tert-OH is 1. The van der Waals surface area contributed by atoms with Crippen molar-refractivity contribution >= 4 is 0 Å². The zero-order valence-corrected chi connectivity index (χ0v) is 12.1. The molecular formula is C16H20FNO3. The van der Waals surface area contributed by atoms with Crippen LogP contribution in [-0.4, -0.2) is 55.6 Å². The van der Waals surface area contributed by atoms with Gasteiger partial charge in [-0.2, -0.15) is 0 Å². The van der Waals surface area contributed by atoms with Crippen molar-refractivity contribution in [2.75, 3.05) is 39.5 Å². The summed E-state index contributed by atoms with van der Waals surface area (Å²) in [5, 5.41) is 8.60. The standard InChI is InChI=1S/C16H20FNO3/c1-2-18-7-9-20-15(11-18)12-21-14-6-5-13(4-3-8-19)16(17)10-14/h5-6,10,15,19H,2,7-9,11-12H2,1H3. The van der Waals surface area contributed by atoms with Gasteiger partial charge in [-0.1, -0.05) is 18.8 Å². The highest BCUT2D eigenvalue weighted by atomic mass is 19.1. The van der Waals surface area contributed by atoms with E-state index in [-0.39, 0.29) is 18.3 Å². The molecule has 1 aromatic carbocycles. The van der Waals surface area contributed by atoms with Gasteiger partial charge in [-0.3, -0.25) is 4.90 Å². The van der Waals surface area contributed by atoms with E-state index in [9.17, 15) is 4.39 Å². The zero-order chi connectivity index (χ0) is 15.1. The number of rotatable bonds is 4. The molecule has 1 heterocycles. The highest BCUT2D eigenvalue weighted by molar-refractivity contribution is 5.39. The molecule has 5 heteroatoms. The molecule has 114 valence electrons. The molecule has 0 saturated carbocycles. The van der Waals surface area contributed by atoms with Crippen LogP contribution in [0.5, 0.6) is 5.75 Å². The molecule has 1 unspecified atom stereocenters. The van der Waals surface area contributed by atoms with Crippen molar-refractivity contribution in [3.63, 3.8) is 0 Å². The van der Waals surface area contributed by atoms with Crippen LogP contribution in [0.3, 0.4) is 0 Å². The molecule has 0 amide bonds. The van der Waals surface area contributed by atoms with Crippen LogP contribution in [-0.2, 0) is 4.74 Å². The first-order valence-corrected chi connectivity index (χ1v) is 7.09. The third-order valence-corrected chi connectivity index (χ3v) is 3.35. The lowest BCUT2D eigenvalue weighted by molar-refractivity contribution is -0.0464. The Morgan fingerprint density at radius 2 is 2.38 bits per heavy atom. The van der Waals surface area contributed by atoms with E-state index >= 15 is 0 Å². The van der Waals surface area contributed by atoms with Crippen LogP contribution in [0.25, 0.3) is 0 Å². The Bertz CT molecular complexity index is 524. The van der Waals surface area contributed by atoms with Gasteiger partial charge in [0.15, 0.2) is 0 Å². The molecule has 0 aromatic heterocycles. The number of ether oxygens (including phenoxy) is 2. The number of benzene rings is 1. The van der Waals surface area contributed by atoms with Gasteiger partial charge in [0.05, 0.1) is 12.2 Å². The molecule has 0 radical (unpaired) electrons. The van der Waals surface area contributed by atoms with Crippen LogP contribution < -0.4 is 4.74 Å². The molecule has 4 nitrogen and oxygen atoms in total. The highest BCUT2D eigenvalue weighted by Gasteiger charge is 2.19. The van der Waals surface area contributed by atoms with Crippen LogP contribution in [0, 0.1) is 17.7 Å². The van der Waals surface area contributed by atoms with Gasteiger partial charge in [0.2, 0.25) is 0 Å². The minimum absolute atomic E-state index is 0.00983. The Hall–Kier alpha value is -1.61. The lowest BCUT2D eigenvalue weighted by Gasteiger charge is -2.31. The molecule has 1 aliphatic heterocycles. The molecule has 1 aromatic rings. The van der Waals surface area contributed by atoms with Gasteiger partial charge in [0.25, 0.3) is 0 Å². The molecule has 0 bridgehead atoms. The van der Waals surface area contributed by atoms with E-state index in [0.717, 1.165) is 19.6 Å². The smallest absolute Gasteiger partial charge is 0.142 e. The minimum Gasteiger partial charge on any atom is -0.491 e. The molecular weight excluding hydrogens is 273 g/mol. The summed E-state index contributed by atoms with van der Waals surface area (Å²) in [6, 6.07) is 4.53. The summed E-state index contributed by atoms with van der Waals surface area (Å²) in [4.78, 5) is 2.30. The van der Waals surface area contributed by atoms with Gasteiger partial charge in [-0.05, 0) is 18.7 Å². The number of likely N-dealkylation sites (N-methyl/N-ethyl adjacent to an activating group) is 1. The lowest BCUT2D eigenvalue weighted by atomic mass is 10.2. The van der Waals surface area contributed by atoms with E-state index in [1.165, 1.54) is 6.07 Å². The van der Waals surface area contributed by atoms with Gasteiger partial charge in [-0.15, -0.1) is 0 Å². The van der Waals surface area contributed by atoms with E-state index in [1.807, 2.05) is 0 Å². The lowest BCUT2D eigenvalue weighted by Crippen LogP contribution is -2.44. The monoisotopic (exact) mass is 293 g/mol. The number of nitrogens with zero attached hydrogens (tertiary/aromatic N) is 1. The van der Waals surface area contributed by atoms with Crippen molar-refractivity contribution < 1.29 is 19.0 Å². The van der Waals surface area contributed by atoms with Crippen molar-refractivity contribution in [3.8, 4) is 17.6 Å². The highest BCUT2D eigenvalue weighted by Crippen LogP contribution is 2.17. The fraction of sp³-hybridized carbons (Fsp3) is 0.500. The Balaban J connectivity index is 1.90. The summed E-state index contributed by atoms with van der Waals surface area (Å²) in [6.07, 6.45) is 0.00983. The van der Waals surface area contributed by atoms with E-state index in [1.54, 1.807) is 12.1 Å². The average Bonchev–Trinajstić information content (AvgIpc) is 2.52. The molecule has 1 saturated heterocycles. The van der Waals surface area contributed by atoms with Gasteiger partial charge in [0, 0.05) is 19.2 Å². The fourth-order valence-electron chi connectivity index (χ4n) is 2.18. The first-order chi connectivity index (χ1) is 10.2. The zero-order valence-electron chi connectivity index (χ0n) is 12.1. The fourth-order valence-corrected chi connectivity index (χ4v) is 2.18. The van der Waals surface area contributed by atoms with Gasteiger partial charge >= 0.3 is 0 Å². The summed E-state index contributed by atoms with van der Waals surface area (Å²) in [6.45, 7) is 5.70. The van der Waals surface area contributed by atoms with E-state index in [4.69, 9.17) is 14.6 Å². The SMILES string of the molecule is CCN1CCOC(COc2ccc(C#CCO)c(F)c2)C1. The Morgan fingerprint density at radius 1 is 1.52 bits per heavy atom. The maximum atomic E-state index is 13.8. The molecule has 1 N–H and O–H groups in total. The van der Waals surface area contributed by atoms with Crippen molar-refractivity contribution in [1.29, 1.82) is 0 Å². The normalized spacial score (nSPS) is 18.9. The number of aliphatic hydroxyl groups is 1. The van der Waals surface area contributed by atoms with E-state index in [2.05, 4.69) is 23.7 Å². The molecule has 0 spiro atoms. The number of hydrogen-bond donors (Lipinski definition) is 1. The summed E-state index contributed by atoms with van der Waals surface area (Å²) < 4.78 is 25.0. The van der Waals surface area contributed by atoms with Crippen LogP contribution in [0.2, 0.25) is 0 Å². The van der Waals surface area contributed by atoms with Crippen LogP contribution >= 0.6 is 0 Å². The summed E-state index contributed by atoms with van der Waals surface area (Å²) in [5.74, 6) is 4.97. The molecule has 0 aliphatic carbocycles. The van der Waals surface area contributed by atoms with E-state index < -0.39 is 5.82 Å². The third kappa shape index (κ3) is 4.71. The molecule has 1 fully saturated rings. The predicted molar refractivity (Wildman–Crippen MR) is 77.7 cm³/mol. The predicted octanol–water partition coefficient (Wildman–Crippen LogP) is 1.27. The Morgan fingerprint density at radius 3 is 3.10 bits per heavy atom. The minimum atomic E-state index is -0.451. The molecule has 21 heavy (non-hydrogen) atoms. The number of halogens is 1. The third-order valence-electron chi connectivity index (χ3n) is 3.35. The first kappa shape index (κ1) is 15.8. The maximum absolute atomic E-state index is 13.8. The van der Waals surface area contributed by atoms with Gasteiger partial charge in [0.1, 0.15) is 30.9 Å². The molecule has 1 atom stereocenters. The van der Waals surface area contributed by atoms with Crippen molar-refractivity contribution in [3.05, 3.63) is 29.6 Å². The topological polar surface area (TPSA) is 41.9 Å². The van der Waals surface area contributed by atoms with E-state index in [0.29, 0.717) is 19.0 Å². The van der Waals surface area contributed by atoms with Crippen LogP contribution in [0.1, 0.15) is 12.5 Å². The second kappa shape index (κ2) is 7.99. The second-order valence-electron chi connectivity index (χ2n) is 4.80. The molecule has 1 aliphatic rings. The van der Waals surface area contributed by atoms with Crippen molar-refractivity contribution in [2.24, 2.45) is 0 Å². The summed E-state index contributed by atoms with van der Waals surface area (Å²) >= 11 is 0. The maximum Gasteiger partial charge on any atom is 0.142 e. The second-order valence-corrected chi connectivity index (χ2v) is 4.80.